The predicted octanol–water partition coefficient (Wildman–Crippen LogP) is 3.82. The number of carbonyl (C=O) groups excluding carboxylic acids is 1. The molecule has 0 unspecified atom stereocenters. The number of hydrogen-bond acceptors (Lipinski definition) is 6. The van der Waals surface area contributed by atoms with E-state index in [1.807, 2.05) is 37.6 Å². The van der Waals surface area contributed by atoms with E-state index in [0.29, 0.717) is 22.3 Å². The van der Waals surface area contributed by atoms with Gasteiger partial charge in [-0.1, -0.05) is 41.6 Å². The molecule has 0 radical (unpaired) electrons. The van der Waals surface area contributed by atoms with Gasteiger partial charge in [-0.2, -0.15) is 0 Å². The zero-order chi connectivity index (χ0) is 21.0. The van der Waals surface area contributed by atoms with Gasteiger partial charge in [0.2, 0.25) is 0 Å². The zero-order valence-corrected chi connectivity index (χ0v) is 17.1. The monoisotopic (exact) mass is 411 g/mol. The SMILES string of the molecule is Cc1ccc(C(=O)N[C@@H](C)c2nnc(SCc3ccc([N+](=O)[O-])cc3)n2C)cc1. The number of nitro groups is 1. The summed E-state index contributed by atoms with van der Waals surface area (Å²) >= 11 is 1.48. The summed E-state index contributed by atoms with van der Waals surface area (Å²) in [7, 11) is 1.85. The average molecular weight is 411 g/mol. The maximum absolute atomic E-state index is 12.4. The summed E-state index contributed by atoms with van der Waals surface area (Å²) in [4.78, 5) is 22.7. The van der Waals surface area contributed by atoms with Crippen LogP contribution in [-0.4, -0.2) is 25.6 Å². The molecule has 1 aromatic heterocycles. The number of aromatic nitrogens is 3. The Morgan fingerprint density at radius 2 is 1.83 bits per heavy atom. The minimum atomic E-state index is -0.418. The first-order chi connectivity index (χ1) is 13.8. The molecule has 1 N–H and O–H groups in total. The van der Waals surface area contributed by atoms with E-state index in [2.05, 4.69) is 15.5 Å². The highest BCUT2D eigenvalue weighted by atomic mass is 32.2. The Kier molecular flexibility index (Phi) is 6.28. The van der Waals surface area contributed by atoms with Gasteiger partial charge in [-0.25, -0.2) is 0 Å². The highest BCUT2D eigenvalue weighted by Crippen LogP contribution is 2.24. The highest BCUT2D eigenvalue weighted by molar-refractivity contribution is 7.98. The molecule has 150 valence electrons. The van der Waals surface area contributed by atoms with Crippen molar-refractivity contribution < 1.29 is 9.72 Å². The lowest BCUT2D eigenvalue weighted by Crippen LogP contribution is -2.28. The molecule has 0 aliphatic rings. The molecule has 2 aromatic carbocycles. The molecule has 0 spiro atoms. The number of rotatable bonds is 7. The number of thioether (sulfide) groups is 1. The van der Waals surface area contributed by atoms with Crippen LogP contribution in [0.25, 0.3) is 0 Å². The van der Waals surface area contributed by atoms with Crippen molar-refractivity contribution in [2.45, 2.75) is 30.8 Å². The topological polar surface area (TPSA) is 103 Å². The number of carbonyl (C=O) groups is 1. The summed E-state index contributed by atoms with van der Waals surface area (Å²) in [6, 6.07) is 13.5. The van der Waals surface area contributed by atoms with E-state index in [1.54, 1.807) is 24.3 Å². The third-order valence-corrected chi connectivity index (χ3v) is 5.52. The number of amides is 1. The van der Waals surface area contributed by atoms with E-state index >= 15 is 0 Å². The Morgan fingerprint density at radius 3 is 2.45 bits per heavy atom. The van der Waals surface area contributed by atoms with Crippen molar-refractivity contribution in [1.29, 1.82) is 0 Å². The molecule has 0 aliphatic carbocycles. The Hall–Kier alpha value is -3.20. The fraction of sp³-hybridized carbons (Fsp3) is 0.250. The first-order valence-electron chi connectivity index (χ1n) is 8.98. The molecule has 9 heteroatoms. The standard InChI is InChI=1S/C20H21N5O3S/c1-13-4-8-16(9-5-13)19(26)21-14(2)18-22-23-20(24(18)3)29-12-15-6-10-17(11-7-15)25(27)28/h4-11,14H,12H2,1-3H3,(H,21,26)/t14-/m0/s1. The van der Waals surface area contributed by atoms with E-state index in [-0.39, 0.29) is 17.6 Å². The number of nitro benzene ring substituents is 1. The third-order valence-electron chi connectivity index (χ3n) is 4.43. The molecule has 0 saturated heterocycles. The summed E-state index contributed by atoms with van der Waals surface area (Å²) in [6.07, 6.45) is 0. The molecule has 0 aliphatic heterocycles. The first kappa shape index (κ1) is 20.5. The summed E-state index contributed by atoms with van der Waals surface area (Å²) in [6.45, 7) is 3.83. The maximum atomic E-state index is 12.4. The minimum Gasteiger partial charge on any atom is -0.342 e. The molecule has 3 aromatic rings. The lowest BCUT2D eigenvalue weighted by molar-refractivity contribution is -0.384. The summed E-state index contributed by atoms with van der Waals surface area (Å²) in [5.41, 5.74) is 2.71. The number of aryl methyl sites for hydroxylation is 1. The van der Waals surface area contributed by atoms with Crippen LogP contribution < -0.4 is 5.32 Å². The van der Waals surface area contributed by atoms with E-state index in [0.717, 1.165) is 11.1 Å². The van der Waals surface area contributed by atoms with Gasteiger partial charge in [0.1, 0.15) is 0 Å². The number of nitrogens with one attached hydrogen (secondary N) is 1. The Labute approximate surface area is 172 Å². The van der Waals surface area contributed by atoms with Crippen LogP contribution >= 0.6 is 11.8 Å². The number of hydrogen-bond donors (Lipinski definition) is 1. The fourth-order valence-corrected chi connectivity index (χ4v) is 3.61. The molecule has 0 fully saturated rings. The maximum Gasteiger partial charge on any atom is 0.269 e. The van der Waals surface area contributed by atoms with Gasteiger partial charge in [0.25, 0.3) is 11.6 Å². The second kappa shape index (κ2) is 8.87. The molecule has 3 rings (SSSR count). The van der Waals surface area contributed by atoms with Gasteiger partial charge in [-0.3, -0.25) is 14.9 Å². The molecule has 0 bridgehead atoms. The van der Waals surface area contributed by atoms with Crippen LogP contribution in [0, 0.1) is 17.0 Å². The molecule has 0 saturated carbocycles. The number of non-ortho nitro benzene ring substituents is 1. The van der Waals surface area contributed by atoms with E-state index < -0.39 is 4.92 Å². The third kappa shape index (κ3) is 5.00. The van der Waals surface area contributed by atoms with Crippen LogP contribution in [0.1, 0.15) is 40.3 Å². The van der Waals surface area contributed by atoms with Crippen molar-refractivity contribution in [3.05, 3.63) is 81.2 Å². The van der Waals surface area contributed by atoms with Gasteiger partial charge in [0, 0.05) is 30.5 Å². The quantitative estimate of drug-likeness (QED) is 0.360. The summed E-state index contributed by atoms with van der Waals surface area (Å²) < 4.78 is 1.84. The Bertz CT molecular complexity index is 1020. The van der Waals surface area contributed by atoms with Crippen LogP contribution in [-0.2, 0) is 12.8 Å². The van der Waals surface area contributed by atoms with Crippen LogP contribution in [0.5, 0.6) is 0 Å². The van der Waals surface area contributed by atoms with Gasteiger partial charge >= 0.3 is 0 Å². The largest absolute Gasteiger partial charge is 0.342 e. The van der Waals surface area contributed by atoms with Crippen LogP contribution in [0.4, 0.5) is 5.69 Å². The normalized spacial score (nSPS) is 11.8. The van der Waals surface area contributed by atoms with Crippen molar-refractivity contribution in [1.82, 2.24) is 20.1 Å². The number of benzene rings is 2. The summed E-state index contributed by atoms with van der Waals surface area (Å²) in [5.74, 6) is 1.09. The fourth-order valence-electron chi connectivity index (χ4n) is 2.74. The van der Waals surface area contributed by atoms with Crippen molar-refractivity contribution >= 4 is 23.4 Å². The second-order valence-electron chi connectivity index (χ2n) is 6.67. The van der Waals surface area contributed by atoms with Gasteiger partial charge in [0.05, 0.1) is 11.0 Å². The first-order valence-corrected chi connectivity index (χ1v) is 9.96. The molecule has 8 nitrogen and oxygen atoms in total. The summed E-state index contributed by atoms with van der Waals surface area (Å²) in [5, 5.41) is 22.8. The van der Waals surface area contributed by atoms with Gasteiger partial charge in [-0.05, 0) is 31.5 Å². The molecule has 1 amide bonds. The van der Waals surface area contributed by atoms with Gasteiger partial charge in [0.15, 0.2) is 11.0 Å². The number of nitrogens with zero attached hydrogens (tertiary/aromatic N) is 4. The second-order valence-corrected chi connectivity index (χ2v) is 7.62. The Balaban J connectivity index is 1.62. The van der Waals surface area contributed by atoms with E-state index in [4.69, 9.17) is 0 Å². The van der Waals surface area contributed by atoms with Gasteiger partial charge < -0.3 is 9.88 Å². The van der Waals surface area contributed by atoms with Crippen molar-refractivity contribution in [2.24, 2.45) is 7.05 Å². The van der Waals surface area contributed by atoms with E-state index in [1.165, 1.54) is 23.9 Å². The Morgan fingerprint density at radius 1 is 1.17 bits per heavy atom. The minimum absolute atomic E-state index is 0.0674. The van der Waals surface area contributed by atoms with E-state index in [9.17, 15) is 14.9 Å². The molecule has 29 heavy (non-hydrogen) atoms. The predicted molar refractivity (Wildman–Crippen MR) is 111 cm³/mol. The smallest absolute Gasteiger partial charge is 0.269 e. The van der Waals surface area contributed by atoms with Crippen molar-refractivity contribution in [3.63, 3.8) is 0 Å². The van der Waals surface area contributed by atoms with Crippen LogP contribution in [0.2, 0.25) is 0 Å². The molecule has 1 heterocycles. The highest BCUT2D eigenvalue weighted by Gasteiger charge is 2.18. The van der Waals surface area contributed by atoms with Crippen LogP contribution in [0.3, 0.4) is 0 Å². The average Bonchev–Trinajstić information content (AvgIpc) is 3.07. The van der Waals surface area contributed by atoms with Crippen molar-refractivity contribution in [2.75, 3.05) is 0 Å². The molecular weight excluding hydrogens is 390 g/mol. The van der Waals surface area contributed by atoms with Crippen molar-refractivity contribution in [3.8, 4) is 0 Å². The molecular formula is C20H21N5O3S. The van der Waals surface area contributed by atoms with Crippen LogP contribution in [0.15, 0.2) is 53.7 Å². The lowest BCUT2D eigenvalue weighted by Gasteiger charge is -2.13. The lowest BCUT2D eigenvalue weighted by atomic mass is 10.1. The van der Waals surface area contributed by atoms with Gasteiger partial charge in [-0.15, -0.1) is 10.2 Å². The molecule has 1 atom stereocenters. The zero-order valence-electron chi connectivity index (χ0n) is 16.3.